The Morgan fingerprint density at radius 1 is 1.26 bits per heavy atom. The smallest absolute Gasteiger partial charge is 0.224 e. The molecule has 3 heteroatoms. The largest absolute Gasteiger partial charge is 0.355 e. The van der Waals surface area contributed by atoms with Crippen LogP contribution < -0.4 is 5.32 Å². The third-order valence-electron chi connectivity index (χ3n) is 4.94. The number of hydrogen-bond donors (Lipinski definition) is 1. The lowest BCUT2D eigenvalue weighted by Crippen LogP contribution is -2.29. The van der Waals surface area contributed by atoms with Gasteiger partial charge in [-0.1, -0.05) is 33.8 Å². The molecule has 0 atom stereocenters. The Labute approximate surface area is 115 Å². The number of nitrogens with zero attached hydrogens (tertiary/aromatic N) is 1. The third-order valence-corrected chi connectivity index (χ3v) is 4.94. The van der Waals surface area contributed by atoms with Gasteiger partial charge in [0.25, 0.3) is 0 Å². The van der Waals surface area contributed by atoms with Crippen LogP contribution in [-0.4, -0.2) is 17.4 Å². The van der Waals surface area contributed by atoms with Gasteiger partial charge in [0.05, 0.1) is 0 Å². The first-order valence-corrected chi connectivity index (χ1v) is 6.96. The van der Waals surface area contributed by atoms with Crippen LogP contribution in [0.5, 0.6) is 0 Å². The normalized spacial score (nSPS) is 20.1. The van der Waals surface area contributed by atoms with Gasteiger partial charge in [-0.15, -0.1) is 0 Å². The van der Waals surface area contributed by atoms with Crippen molar-refractivity contribution in [1.82, 2.24) is 10.3 Å². The predicted molar refractivity (Wildman–Crippen MR) is 76.7 cm³/mol. The number of nitrogens with one attached hydrogen (secondary N) is 1. The quantitative estimate of drug-likeness (QED) is 0.904. The van der Waals surface area contributed by atoms with Gasteiger partial charge < -0.3 is 5.32 Å². The summed E-state index contributed by atoms with van der Waals surface area (Å²) in [6.45, 7) is 11.3. The molecular weight excluding hydrogens is 236 g/mol. The molecule has 1 saturated carbocycles. The second-order valence-corrected chi connectivity index (χ2v) is 6.74. The first-order valence-electron chi connectivity index (χ1n) is 6.96. The van der Waals surface area contributed by atoms with Crippen LogP contribution in [0, 0.1) is 23.7 Å². The van der Waals surface area contributed by atoms with Gasteiger partial charge in [0.1, 0.15) is 0 Å². The number of amides is 1. The maximum Gasteiger partial charge on any atom is 0.224 e. The first kappa shape index (κ1) is 14.0. The van der Waals surface area contributed by atoms with E-state index in [9.17, 15) is 4.79 Å². The molecule has 0 bridgehead atoms. The van der Waals surface area contributed by atoms with Crippen molar-refractivity contribution in [2.45, 2.75) is 41.0 Å². The zero-order valence-electron chi connectivity index (χ0n) is 12.6. The van der Waals surface area contributed by atoms with E-state index in [1.54, 1.807) is 0 Å². The number of aromatic nitrogens is 1. The fourth-order valence-corrected chi connectivity index (χ4v) is 2.91. The SMILES string of the molecule is Cc1ccc(CCNC(=O)C2C(C)(C)C2(C)C)nc1. The van der Waals surface area contributed by atoms with Crippen molar-refractivity contribution in [3.63, 3.8) is 0 Å². The topological polar surface area (TPSA) is 42.0 Å². The maximum absolute atomic E-state index is 12.1. The van der Waals surface area contributed by atoms with Crippen LogP contribution in [0.2, 0.25) is 0 Å². The van der Waals surface area contributed by atoms with Crippen molar-refractivity contribution in [1.29, 1.82) is 0 Å². The summed E-state index contributed by atoms with van der Waals surface area (Å²) in [6, 6.07) is 4.07. The van der Waals surface area contributed by atoms with Crippen LogP contribution in [0.15, 0.2) is 18.3 Å². The van der Waals surface area contributed by atoms with E-state index in [2.05, 4.69) is 44.1 Å². The molecule has 3 nitrogen and oxygen atoms in total. The van der Waals surface area contributed by atoms with Crippen LogP contribution in [0.4, 0.5) is 0 Å². The van der Waals surface area contributed by atoms with Crippen molar-refractivity contribution < 1.29 is 4.79 Å². The maximum atomic E-state index is 12.1. The molecular formula is C16H24N2O. The molecule has 0 aromatic carbocycles. The molecule has 1 N–H and O–H groups in total. The highest BCUT2D eigenvalue weighted by Crippen LogP contribution is 2.68. The van der Waals surface area contributed by atoms with E-state index in [-0.39, 0.29) is 22.7 Å². The Bertz CT molecular complexity index is 460. The second-order valence-electron chi connectivity index (χ2n) is 6.74. The second kappa shape index (κ2) is 4.62. The van der Waals surface area contributed by atoms with Crippen LogP contribution in [0.25, 0.3) is 0 Å². The molecule has 1 aliphatic rings. The molecule has 0 aliphatic heterocycles. The van der Waals surface area contributed by atoms with Crippen molar-refractivity contribution in [2.75, 3.05) is 6.54 Å². The average Bonchev–Trinajstić information content (AvgIpc) is 2.72. The molecule has 1 amide bonds. The van der Waals surface area contributed by atoms with Crippen LogP contribution >= 0.6 is 0 Å². The van der Waals surface area contributed by atoms with E-state index in [0.29, 0.717) is 6.54 Å². The Morgan fingerprint density at radius 3 is 2.37 bits per heavy atom. The number of carbonyl (C=O) groups is 1. The highest BCUT2D eigenvalue weighted by molar-refractivity contribution is 5.84. The Morgan fingerprint density at radius 2 is 1.89 bits per heavy atom. The summed E-state index contributed by atoms with van der Waals surface area (Å²) < 4.78 is 0. The molecule has 1 heterocycles. The minimum absolute atomic E-state index is 0.110. The van der Waals surface area contributed by atoms with Gasteiger partial charge in [-0.25, -0.2) is 0 Å². The molecule has 104 valence electrons. The molecule has 1 aromatic heterocycles. The zero-order valence-corrected chi connectivity index (χ0v) is 12.6. The fraction of sp³-hybridized carbons (Fsp3) is 0.625. The molecule has 19 heavy (non-hydrogen) atoms. The predicted octanol–water partition coefficient (Wildman–Crippen LogP) is 2.73. The van der Waals surface area contributed by atoms with Gasteiger partial charge in [0.15, 0.2) is 0 Å². The number of pyridine rings is 1. The van der Waals surface area contributed by atoms with Gasteiger partial charge >= 0.3 is 0 Å². The van der Waals surface area contributed by atoms with E-state index in [4.69, 9.17) is 0 Å². The van der Waals surface area contributed by atoms with Gasteiger partial charge in [-0.3, -0.25) is 9.78 Å². The van der Waals surface area contributed by atoms with Crippen LogP contribution in [0.3, 0.4) is 0 Å². The van der Waals surface area contributed by atoms with E-state index in [0.717, 1.165) is 17.7 Å². The van der Waals surface area contributed by atoms with Crippen LogP contribution in [0.1, 0.15) is 39.0 Å². The van der Waals surface area contributed by atoms with E-state index >= 15 is 0 Å². The third kappa shape index (κ3) is 2.51. The van der Waals surface area contributed by atoms with Crippen molar-refractivity contribution in [3.8, 4) is 0 Å². The summed E-state index contributed by atoms with van der Waals surface area (Å²) in [5.41, 5.74) is 2.41. The van der Waals surface area contributed by atoms with Crippen molar-refractivity contribution in [2.24, 2.45) is 16.7 Å². The standard InChI is InChI=1S/C16H24N2O/c1-11-6-7-12(18-10-11)8-9-17-14(19)13-15(2,3)16(13,4)5/h6-7,10,13H,8-9H2,1-5H3,(H,17,19). The Balaban J connectivity index is 1.81. The van der Waals surface area contributed by atoms with Crippen molar-refractivity contribution in [3.05, 3.63) is 29.6 Å². The monoisotopic (exact) mass is 260 g/mol. The summed E-state index contributed by atoms with van der Waals surface area (Å²) in [5, 5.41) is 3.04. The van der Waals surface area contributed by atoms with E-state index in [1.165, 1.54) is 0 Å². The number of carbonyl (C=O) groups excluding carboxylic acids is 1. The minimum Gasteiger partial charge on any atom is -0.355 e. The number of hydrogen-bond acceptors (Lipinski definition) is 2. The lowest BCUT2D eigenvalue weighted by molar-refractivity contribution is -0.123. The molecule has 1 fully saturated rings. The summed E-state index contributed by atoms with van der Waals surface area (Å²) in [7, 11) is 0. The van der Waals surface area contributed by atoms with Crippen LogP contribution in [-0.2, 0) is 11.2 Å². The molecule has 0 radical (unpaired) electrons. The Hall–Kier alpha value is -1.38. The highest BCUT2D eigenvalue weighted by atomic mass is 16.2. The zero-order chi connectivity index (χ0) is 14.3. The highest BCUT2D eigenvalue weighted by Gasteiger charge is 2.68. The van der Waals surface area contributed by atoms with E-state index < -0.39 is 0 Å². The number of aryl methyl sites for hydroxylation is 1. The van der Waals surface area contributed by atoms with Gasteiger partial charge in [-0.05, 0) is 29.4 Å². The molecule has 0 spiro atoms. The summed E-state index contributed by atoms with van der Waals surface area (Å²) in [5.74, 6) is 0.313. The molecule has 2 rings (SSSR count). The molecule has 1 aliphatic carbocycles. The van der Waals surface area contributed by atoms with E-state index in [1.807, 2.05) is 19.2 Å². The van der Waals surface area contributed by atoms with Crippen molar-refractivity contribution >= 4 is 5.91 Å². The molecule has 0 saturated heterocycles. The van der Waals surface area contributed by atoms with Gasteiger partial charge in [0, 0.05) is 30.8 Å². The minimum atomic E-state index is 0.110. The summed E-state index contributed by atoms with van der Waals surface area (Å²) >= 11 is 0. The molecule has 1 aromatic rings. The average molecular weight is 260 g/mol. The fourth-order valence-electron chi connectivity index (χ4n) is 2.91. The lowest BCUT2D eigenvalue weighted by atomic mass is 10.0. The molecule has 0 unspecified atom stereocenters. The number of rotatable bonds is 4. The summed E-state index contributed by atoms with van der Waals surface area (Å²) in [6.07, 6.45) is 2.66. The Kier molecular flexibility index (Phi) is 3.41. The van der Waals surface area contributed by atoms with Gasteiger partial charge in [-0.2, -0.15) is 0 Å². The summed E-state index contributed by atoms with van der Waals surface area (Å²) in [4.78, 5) is 16.5. The first-order chi connectivity index (χ1) is 8.76. The lowest BCUT2D eigenvalue weighted by Gasteiger charge is -2.06. The van der Waals surface area contributed by atoms with Gasteiger partial charge in [0.2, 0.25) is 5.91 Å².